The lowest BCUT2D eigenvalue weighted by Gasteiger charge is -2.19. The average molecular weight is 201 g/mol. The second kappa shape index (κ2) is 6.43. The molecule has 0 aromatic carbocycles. The van der Waals surface area contributed by atoms with Crippen molar-refractivity contribution in [1.82, 2.24) is 5.32 Å². The molecule has 0 unspecified atom stereocenters. The maximum Gasteiger partial charge on any atom is 0.407 e. The molecule has 0 fully saturated rings. The van der Waals surface area contributed by atoms with E-state index in [-0.39, 0.29) is 0 Å². The summed E-state index contributed by atoms with van der Waals surface area (Å²) in [6.07, 6.45) is 1.24. The van der Waals surface area contributed by atoms with Gasteiger partial charge in [-0.2, -0.15) is 0 Å². The van der Waals surface area contributed by atoms with Crippen molar-refractivity contribution in [3.63, 3.8) is 0 Å². The second-order valence-corrected chi connectivity index (χ2v) is 3.79. The van der Waals surface area contributed by atoms with Gasteiger partial charge in [-0.25, -0.2) is 4.79 Å². The molecule has 0 aromatic heterocycles. The van der Waals surface area contributed by atoms with Crippen LogP contribution in [0.15, 0.2) is 12.7 Å². The zero-order valence-corrected chi connectivity index (χ0v) is 9.13. The number of ether oxygens (including phenoxy) is 2. The van der Waals surface area contributed by atoms with E-state index in [0.717, 1.165) is 0 Å². The lowest BCUT2D eigenvalue weighted by Crippen LogP contribution is -2.34. The van der Waals surface area contributed by atoms with Crippen LogP contribution in [0.25, 0.3) is 0 Å². The van der Waals surface area contributed by atoms with Gasteiger partial charge in [-0.1, -0.05) is 6.08 Å². The molecule has 0 aliphatic rings. The molecule has 0 spiro atoms. The molecule has 4 nitrogen and oxygen atoms in total. The first kappa shape index (κ1) is 13.0. The summed E-state index contributed by atoms with van der Waals surface area (Å²) in [7, 11) is 0. The second-order valence-electron chi connectivity index (χ2n) is 3.79. The van der Waals surface area contributed by atoms with Gasteiger partial charge in [0.15, 0.2) is 0 Å². The third kappa shape index (κ3) is 9.06. The van der Waals surface area contributed by atoms with Gasteiger partial charge in [0.1, 0.15) is 5.60 Å². The van der Waals surface area contributed by atoms with Crippen molar-refractivity contribution in [2.45, 2.75) is 26.4 Å². The van der Waals surface area contributed by atoms with E-state index in [9.17, 15) is 4.79 Å². The predicted octanol–water partition coefficient (Wildman–Crippen LogP) is 1.71. The van der Waals surface area contributed by atoms with Crippen LogP contribution in [-0.2, 0) is 9.47 Å². The highest BCUT2D eigenvalue weighted by Gasteiger charge is 2.15. The Morgan fingerprint density at radius 2 is 2.14 bits per heavy atom. The number of amides is 1. The zero-order valence-electron chi connectivity index (χ0n) is 9.13. The number of nitrogens with one attached hydrogen (secondary N) is 1. The smallest absolute Gasteiger partial charge is 0.407 e. The van der Waals surface area contributed by atoms with Crippen LogP contribution in [-0.4, -0.2) is 31.5 Å². The maximum absolute atomic E-state index is 11.1. The van der Waals surface area contributed by atoms with Gasteiger partial charge in [0.25, 0.3) is 0 Å². The van der Waals surface area contributed by atoms with Gasteiger partial charge in [-0.05, 0) is 20.8 Å². The van der Waals surface area contributed by atoms with E-state index < -0.39 is 11.7 Å². The van der Waals surface area contributed by atoms with Crippen molar-refractivity contribution >= 4 is 6.09 Å². The van der Waals surface area contributed by atoms with Crippen molar-refractivity contribution in [2.75, 3.05) is 19.8 Å². The van der Waals surface area contributed by atoms with Crippen molar-refractivity contribution in [2.24, 2.45) is 0 Å². The molecular formula is C10H19NO3. The Labute approximate surface area is 85.3 Å². The van der Waals surface area contributed by atoms with Crippen LogP contribution in [0.3, 0.4) is 0 Å². The van der Waals surface area contributed by atoms with Gasteiger partial charge in [0, 0.05) is 6.54 Å². The minimum absolute atomic E-state index is 0.417. The summed E-state index contributed by atoms with van der Waals surface area (Å²) in [5.74, 6) is 0. The highest BCUT2D eigenvalue weighted by atomic mass is 16.6. The first-order valence-electron chi connectivity index (χ1n) is 4.61. The SMILES string of the molecule is C=CCOCCNC(=O)OC(C)(C)C. The summed E-state index contributed by atoms with van der Waals surface area (Å²) in [6, 6.07) is 0. The number of alkyl carbamates (subject to hydrolysis) is 1. The summed E-state index contributed by atoms with van der Waals surface area (Å²) >= 11 is 0. The molecule has 0 atom stereocenters. The Kier molecular flexibility index (Phi) is 5.95. The van der Waals surface area contributed by atoms with Gasteiger partial charge in [-0.15, -0.1) is 6.58 Å². The predicted molar refractivity (Wildman–Crippen MR) is 55.3 cm³/mol. The Bertz CT molecular complexity index is 184. The lowest BCUT2D eigenvalue weighted by molar-refractivity contribution is 0.0506. The number of hydrogen-bond donors (Lipinski definition) is 1. The largest absolute Gasteiger partial charge is 0.444 e. The number of rotatable bonds is 5. The van der Waals surface area contributed by atoms with Crippen LogP contribution in [0.4, 0.5) is 4.79 Å². The van der Waals surface area contributed by atoms with Crippen LogP contribution >= 0.6 is 0 Å². The molecule has 1 amide bonds. The Hall–Kier alpha value is -1.03. The van der Waals surface area contributed by atoms with E-state index in [0.29, 0.717) is 19.8 Å². The summed E-state index contributed by atoms with van der Waals surface area (Å²) in [5.41, 5.74) is -0.452. The molecule has 0 rings (SSSR count). The van der Waals surface area contributed by atoms with Crippen molar-refractivity contribution in [1.29, 1.82) is 0 Å². The van der Waals surface area contributed by atoms with E-state index >= 15 is 0 Å². The quantitative estimate of drug-likeness (QED) is 0.544. The minimum Gasteiger partial charge on any atom is -0.444 e. The molecular weight excluding hydrogens is 182 g/mol. The van der Waals surface area contributed by atoms with E-state index in [2.05, 4.69) is 11.9 Å². The fourth-order valence-electron chi connectivity index (χ4n) is 0.706. The molecule has 0 heterocycles. The molecule has 0 aliphatic carbocycles. The lowest BCUT2D eigenvalue weighted by atomic mass is 10.2. The van der Waals surface area contributed by atoms with Crippen LogP contribution in [0.5, 0.6) is 0 Å². The number of carbonyl (C=O) groups is 1. The molecule has 0 radical (unpaired) electrons. The van der Waals surface area contributed by atoms with Gasteiger partial charge in [-0.3, -0.25) is 0 Å². The zero-order chi connectivity index (χ0) is 11.0. The summed E-state index contributed by atoms with van der Waals surface area (Å²) in [6.45, 7) is 10.4. The molecule has 1 N–H and O–H groups in total. The molecule has 4 heteroatoms. The number of hydrogen-bond acceptors (Lipinski definition) is 3. The summed E-state index contributed by atoms with van der Waals surface area (Å²) < 4.78 is 10.1. The summed E-state index contributed by atoms with van der Waals surface area (Å²) in [5, 5.41) is 2.58. The van der Waals surface area contributed by atoms with Crippen molar-refractivity contribution in [3.05, 3.63) is 12.7 Å². The Balaban J connectivity index is 3.41. The Morgan fingerprint density at radius 1 is 1.50 bits per heavy atom. The van der Waals surface area contributed by atoms with Crippen LogP contribution in [0.1, 0.15) is 20.8 Å². The molecule has 0 saturated carbocycles. The molecule has 0 bridgehead atoms. The third-order valence-electron chi connectivity index (χ3n) is 1.15. The topological polar surface area (TPSA) is 47.6 Å². The van der Waals surface area contributed by atoms with Gasteiger partial charge >= 0.3 is 6.09 Å². The average Bonchev–Trinajstić information content (AvgIpc) is 2.00. The van der Waals surface area contributed by atoms with E-state index in [1.54, 1.807) is 6.08 Å². The maximum atomic E-state index is 11.1. The highest BCUT2D eigenvalue weighted by Crippen LogP contribution is 2.05. The first-order chi connectivity index (χ1) is 6.45. The molecule has 0 aromatic rings. The molecule has 0 aliphatic heterocycles. The van der Waals surface area contributed by atoms with Gasteiger partial charge in [0.05, 0.1) is 13.2 Å². The Morgan fingerprint density at radius 3 is 2.64 bits per heavy atom. The van der Waals surface area contributed by atoms with Crippen LogP contribution in [0.2, 0.25) is 0 Å². The van der Waals surface area contributed by atoms with Crippen molar-refractivity contribution < 1.29 is 14.3 Å². The standard InChI is InChI=1S/C10H19NO3/c1-5-7-13-8-6-11-9(12)14-10(2,3)4/h5H,1,6-8H2,2-4H3,(H,11,12). The number of carbonyl (C=O) groups excluding carboxylic acids is 1. The first-order valence-corrected chi connectivity index (χ1v) is 4.61. The molecule has 0 saturated heterocycles. The molecule has 82 valence electrons. The van der Waals surface area contributed by atoms with Crippen molar-refractivity contribution in [3.8, 4) is 0 Å². The monoisotopic (exact) mass is 201 g/mol. The normalized spacial score (nSPS) is 10.8. The highest BCUT2D eigenvalue weighted by molar-refractivity contribution is 5.67. The fraction of sp³-hybridized carbons (Fsp3) is 0.700. The van der Waals surface area contributed by atoms with E-state index in [1.807, 2.05) is 20.8 Å². The third-order valence-corrected chi connectivity index (χ3v) is 1.15. The molecule has 14 heavy (non-hydrogen) atoms. The van der Waals surface area contributed by atoms with E-state index in [1.165, 1.54) is 0 Å². The van der Waals surface area contributed by atoms with Gasteiger partial charge in [0.2, 0.25) is 0 Å². The summed E-state index contributed by atoms with van der Waals surface area (Å²) in [4.78, 5) is 11.1. The van der Waals surface area contributed by atoms with Crippen LogP contribution in [0, 0.1) is 0 Å². The fourth-order valence-corrected chi connectivity index (χ4v) is 0.706. The van der Waals surface area contributed by atoms with Gasteiger partial charge < -0.3 is 14.8 Å². The minimum atomic E-state index is -0.452. The van der Waals surface area contributed by atoms with Crippen LogP contribution < -0.4 is 5.32 Å². The van der Waals surface area contributed by atoms with E-state index in [4.69, 9.17) is 9.47 Å².